The number of nitrogens with one attached hydrogen (secondary N) is 2. The van der Waals surface area contributed by atoms with E-state index >= 15 is 0 Å². The molecule has 0 spiro atoms. The van der Waals surface area contributed by atoms with E-state index in [1.54, 1.807) is 36.4 Å². The smallest absolute Gasteiger partial charge is 0.364 e. The zero-order valence-electron chi connectivity index (χ0n) is 14.5. The predicted molar refractivity (Wildman–Crippen MR) is 101 cm³/mol. The number of thiophene rings is 1. The number of amides is 1. The van der Waals surface area contributed by atoms with Crippen LogP contribution in [0.1, 0.15) is 39.7 Å². The number of aromatic amines is 1. The first-order valence-electron chi connectivity index (χ1n) is 8.22. The minimum absolute atomic E-state index is 0.168. The standard InChI is InChI=1S/C19H19N3O3S/c1-12(2)10-14-11-16(22-21-14)19(24)25-15-7-5-13(6-8-15)20-18(23)17-4-3-9-26-17/h3-9,11-12H,10H2,1-2H3,(H,20,23)(H,21,22). The lowest BCUT2D eigenvalue weighted by Gasteiger charge is -2.06. The highest BCUT2D eigenvalue weighted by atomic mass is 32.1. The number of benzene rings is 1. The average Bonchev–Trinajstić information content (AvgIpc) is 3.27. The highest BCUT2D eigenvalue weighted by molar-refractivity contribution is 7.12. The highest BCUT2D eigenvalue weighted by Gasteiger charge is 2.14. The van der Waals surface area contributed by atoms with Gasteiger partial charge in [0.25, 0.3) is 5.91 Å². The topological polar surface area (TPSA) is 84.1 Å². The van der Waals surface area contributed by atoms with Crippen LogP contribution in [0.25, 0.3) is 0 Å². The summed E-state index contributed by atoms with van der Waals surface area (Å²) in [5.74, 6) is 0.166. The van der Waals surface area contributed by atoms with E-state index in [1.807, 2.05) is 11.4 Å². The molecule has 134 valence electrons. The molecule has 1 amide bonds. The Balaban J connectivity index is 1.59. The van der Waals surface area contributed by atoms with Crippen molar-refractivity contribution in [3.63, 3.8) is 0 Å². The van der Waals surface area contributed by atoms with E-state index in [-0.39, 0.29) is 11.6 Å². The molecule has 1 aromatic carbocycles. The Bertz CT molecular complexity index is 883. The van der Waals surface area contributed by atoms with Crippen molar-refractivity contribution in [3.8, 4) is 5.75 Å². The van der Waals surface area contributed by atoms with E-state index < -0.39 is 5.97 Å². The number of rotatable bonds is 6. The molecule has 0 bridgehead atoms. The number of anilines is 1. The number of hydrogen-bond acceptors (Lipinski definition) is 5. The van der Waals surface area contributed by atoms with Crippen molar-refractivity contribution in [2.75, 3.05) is 5.32 Å². The molecule has 0 atom stereocenters. The second-order valence-corrected chi connectivity index (χ2v) is 7.17. The van der Waals surface area contributed by atoms with Gasteiger partial charge in [0, 0.05) is 11.4 Å². The number of carbonyl (C=O) groups excluding carboxylic acids is 2. The van der Waals surface area contributed by atoms with Gasteiger partial charge in [0.05, 0.1) is 4.88 Å². The first-order chi connectivity index (χ1) is 12.5. The molecule has 2 heterocycles. The van der Waals surface area contributed by atoms with Crippen LogP contribution >= 0.6 is 11.3 Å². The predicted octanol–water partition coefficient (Wildman–Crippen LogP) is 4.14. The maximum atomic E-state index is 12.2. The van der Waals surface area contributed by atoms with Crippen LogP contribution in [0, 0.1) is 5.92 Å². The largest absolute Gasteiger partial charge is 0.422 e. The summed E-state index contributed by atoms with van der Waals surface area (Å²) in [5, 5.41) is 11.5. The summed E-state index contributed by atoms with van der Waals surface area (Å²) in [7, 11) is 0. The minimum Gasteiger partial charge on any atom is -0.422 e. The lowest BCUT2D eigenvalue weighted by molar-refractivity contribution is 0.0728. The molecule has 0 unspecified atom stereocenters. The Morgan fingerprint density at radius 3 is 2.65 bits per heavy atom. The highest BCUT2D eigenvalue weighted by Crippen LogP contribution is 2.19. The zero-order chi connectivity index (χ0) is 18.5. The molecule has 2 N–H and O–H groups in total. The summed E-state index contributed by atoms with van der Waals surface area (Å²) in [6, 6.07) is 11.9. The third kappa shape index (κ3) is 4.58. The molecule has 3 rings (SSSR count). The molecule has 6 nitrogen and oxygen atoms in total. The van der Waals surface area contributed by atoms with Gasteiger partial charge < -0.3 is 10.1 Å². The van der Waals surface area contributed by atoms with Crippen LogP contribution in [0.3, 0.4) is 0 Å². The normalized spacial score (nSPS) is 10.7. The molecule has 7 heteroatoms. The third-order valence-corrected chi connectivity index (χ3v) is 4.40. The van der Waals surface area contributed by atoms with Crippen molar-refractivity contribution in [1.29, 1.82) is 0 Å². The molecule has 0 radical (unpaired) electrons. The quantitative estimate of drug-likeness (QED) is 0.505. The van der Waals surface area contributed by atoms with Gasteiger partial charge in [-0.25, -0.2) is 4.79 Å². The number of nitrogens with zero attached hydrogens (tertiary/aromatic N) is 1. The van der Waals surface area contributed by atoms with E-state index in [4.69, 9.17) is 4.74 Å². The number of carbonyl (C=O) groups is 2. The van der Waals surface area contributed by atoms with Crippen molar-refractivity contribution in [2.24, 2.45) is 5.92 Å². The molecular formula is C19H19N3O3S. The second kappa shape index (κ2) is 7.97. The average molecular weight is 369 g/mol. The lowest BCUT2D eigenvalue weighted by Crippen LogP contribution is -2.11. The number of ether oxygens (including phenoxy) is 1. The van der Waals surface area contributed by atoms with Crippen molar-refractivity contribution in [3.05, 3.63) is 64.1 Å². The maximum Gasteiger partial charge on any atom is 0.364 e. The Morgan fingerprint density at radius 1 is 1.23 bits per heavy atom. The van der Waals surface area contributed by atoms with E-state index in [1.165, 1.54) is 11.3 Å². The molecule has 0 saturated carbocycles. The summed E-state index contributed by atoms with van der Waals surface area (Å²) in [5.41, 5.74) is 1.77. The Morgan fingerprint density at radius 2 is 2.00 bits per heavy atom. The van der Waals surface area contributed by atoms with Crippen LogP contribution in [-0.4, -0.2) is 22.1 Å². The van der Waals surface area contributed by atoms with Crippen molar-refractivity contribution in [1.82, 2.24) is 10.2 Å². The molecule has 0 aliphatic carbocycles. The van der Waals surface area contributed by atoms with E-state index in [9.17, 15) is 9.59 Å². The molecule has 26 heavy (non-hydrogen) atoms. The monoisotopic (exact) mass is 369 g/mol. The Kier molecular flexibility index (Phi) is 5.48. The molecule has 0 aliphatic heterocycles. The fourth-order valence-corrected chi connectivity index (χ4v) is 3.00. The van der Waals surface area contributed by atoms with E-state index in [2.05, 4.69) is 29.4 Å². The summed E-state index contributed by atoms with van der Waals surface area (Å²) >= 11 is 1.37. The maximum absolute atomic E-state index is 12.2. The summed E-state index contributed by atoms with van der Waals surface area (Å²) in [6.07, 6.45) is 0.818. The number of H-pyrrole nitrogens is 1. The molecule has 0 saturated heterocycles. The van der Waals surface area contributed by atoms with Crippen molar-refractivity contribution in [2.45, 2.75) is 20.3 Å². The van der Waals surface area contributed by atoms with Gasteiger partial charge in [0.2, 0.25) is 0 Å². The van der Waals surface area contributed by atoms with Gasteiger partial charge in [-0.3, -0.25) is 9.89 Å². The number of hydrogen-bond donors (Lipinski definition) is 2. The van der Waals surface area contributed by atoms with Crippen LogP contribution in [0.4, 0.5) is 5.69 Å². The van der Waals surface area contributed by atoms with Gasteiger partial charge in [0.1, 0.15) is 5.75 Å². The lowest BCUT2D eigenvalue weighted by atomic mass is 10.1. The Labute approximate surface area is 155 Å². The number of esters is 1. The van der Waals surface area contributed by atoms with Gasteiger partial charge in [-0.2, -0.15) is 5.10 Å². The summed E-state index contributed by atoms with van der Waals surface area (Å²) in [4.78, 5) is 24.8. The van der Waals surface area contributed by atoms with Crippen LogP contribution in [0.5, 0.6) is 5.75 Å². The minimum atomic E-state index is -0.522. The fourth-order valence-electron chi connectivity index (χ4n) is 2.38. The molecule has 0 fully saturated rings. The summed E-state index contributed by atoms with van der Waals surface area (Å²) in [6.45, 7) is 4.19. The molecule has 0 aliphatic rings. The van der Waals surface area contributed by atoms with Crippen LogP contribution < -0.4 is 10.1 Å². The second-order valence-electron chi connectivity index (χ2n) is 6.22. The number of aromatic nitrogens is 2. The van der Waals surface area contributed by atoms with Gasteiger partial charge in [0.15, 0.2) is 5.69 Å². The fraction of sp³-hybridized carbons (Fsp3) is 0.211. The van der Waals surface area contributed by atoms with Crippen LogP contribution in [0.15, 0.2) is 47.8 Å². The van der Waals surface area contributed by atoms with Gasteiger partial charge in [-0.05, 0) is 54.1 Å². The first-order valence-corrected chi connectivity index (χ1v) is 9.10. The van der Waals surface area contributed by atoms with Gasteiger partial charge >= 0.3 is 5.97 Å². The van der Waals surface area contributed by atoms with Crippen molar-refractivity contribution < 1.29 is 14.3 Å². The van der Waals surface area contributed by atoms with E-state index in [0.717, 1.165) is 12.1 Å². The SMILES string of the molecule is CC(C)Cc1cc(C(=O)Oc2ccc(NC(=O)c3cccs3)cc2)n[nH]1. The molecule has 3 aromatic rings. The Hall–Kier alpha value is -2.93. The van der Waals surface area contributed by atoms with Crippen molar-refractivity contribution >= 4 is 28.9 Å². The van der Waals surface area contributed by atoms with Crippen LogP contribution in [0.2, 0.25) is 0 Å². The molecular weight excluding hydrogens is 350 g/mol. The van der Waals surface area contributed by atoms with E-state index in [0.29, 0.717) is 22.2 Å². The van der Waals surface area contributed by atoms with Crippen LogP contribution in [-0.2, 0) is 6.42 Å². The first kappa shape index (κ1) is 17.9. The molecule has 2 aromatic heterocycles. The van der Waals surface area contributed by atoms with Gasteiger partial charge in [-0.15, -0.1) is 11.3 Å². The zero-order valence-corrected chi connectivity index (χ0v) is 15.3. The summed E-state index contributed by atoms with van der Waals surface area (Å²) < 4.78 is 5.32. The third-order valence-electron chi connectivity index (χ3n) is 3.54. The van der Waals surface area contributed by atoms with Gasteiger partial charge in [-0.1, -0.05) is 19.9 Å².